The van der Waals surface area contributed by atoms with Crippen LogP contribution in [0.2, 0.25) is 0 Å². The Kier molecular flexibility index (Phi) is 3.87. The largest absolute Gasteiger partial charge is 0.508 e. The molecule has 0 amide bonds. The zero-order valence-electron chi connectivity index (χ0n) is 15.5. The van der Waals surface area contributed by atoms with Gasteiger partial charge in [-0.1, -0.05) is 25.1 Å². The zero-order valence-corrected chi connectivity index (χ0v) is 16.4. The molecule has 3 atom stereocenters. The van der Waals surface area contributed by atoms with Gasteiger partial charge in [-0.2, -0.15) is 4.99 Å². The summed E-state index contributed by atoms with van der Waals surface area (Å²) in [6, 6.07) is 10.4. The second-order valence-corrected chi connectivity index (χ2v) is 7.86. The number of benzene rings is 2. The number of carbonyl (C=O) groups is 1. The molecule has 3 aliphatic rings. The lowest BCUT2D eigenvalue weighted by atomic mass is 9.65. The number of thiocarbonyl (C=S) groups is 1. The van der Waals surface area contributed by atoms with Crippen molar-refractivity contribution in [3.05, 3.63) is 76.6 Å². The van der Waals surface area contributed by atoms with Crippen molar-refractivity contribution in [3.63, 3.8) is 0 Å². The molecule has 0 radical (unpaired) electrons. The SMILES string of the molecule is CC1C=C2C(=CC1O)Oc1cc(O)ccc1C21CC(=O)c2cc(N=C=S)ccc21. The molecule has 29 heavy (non-hydrogen) atoms. The van der Waals surface area contributed by atoms with Crippen molar-refractivity contribution in [2.24, 2.45) is 10.9 Å². The van der Waals surface area contributed by atoms with Gasteiger partial charge in [-0.15, -0.1) is 0 Å². The van der Waals surface area contributed by atoms with Gasteiger partial charge in [0.15, 0.2) is 5.78 Å². The maximum absolute atomic E-state index is 13.1. The normalized spacial score (nSPS) is 26.5. The predicted octanol–water partition coefficient (Wildman–Crippen LogP) is 4.21. The molecule has 2 aliphatic carbocycles. The van der Waals surface area contributed by atoms with E-state index in [0.717, 1.165) is 16.7 Å². The summed E-state index contributed by atoms with van der Waals surface area (Å²) in [4.78, 5) is 17.1. The van der Waals surface area contributed by atoms with E-state index < -0.39 is 11.5 Å². The molecule has 5 rings (SSSR count). The van der Waals surface area contributed by atoms with E-state index in [2.05, 4.69) is 10.2 Å². The highest BCUT2D eigenvalue weighted by Crippen LogP contribution is 2.58. The quantitative estimate of drug-likeness (QED) is 0.551. The van der Waals surface area contributed by atoms with Gasteiger partial charge in [-0.25, -0.2) is 0 Å². The Morgan fingerprint density at radius 3 is 2.79 bits per heavy atom. The zero-order chi connectivity index (χ0) is 20.3. The molecule has 2 aromatic rings. The fourth-order valence-electron chi connectivity index (χ4n) is 4.66. The van der Waals surface area contributed by atoms with Crippen LogP contribution in [0.1, 0.15) is 34.8 Å². The van der Waals surface area contributed by atoms with Crippen molar-refractivity contribution in [3.8, 4) is 11.5 Å². The predicted molar refractivity (Wildman–Crippen MR) is 111 cm³/mol. The minimum atomic E-state index is -0.742. The highest BCUT2D eigenvalue weighted by Gasteiger charge is 2.53. The molecule has 1 heterocycles. The van der Waals surface area contributed by atoms with Gasteiger partial charge in [0.2, 0.25) is 0 Å². The fourth-order valence-corrected chi connectivity index (χ4v) is 4.77. The van der Waals surface area contributed by atoms with E-state index in [-0.39, 0.29) is 23.9 Å². The molecule has 1 aliphatic heterocycles. The van der Waals surface area contributed by atoms with Crippen LogP contribution in [0, 0.1) is 5.92 Å². The van der Waals surface area contributed by atoms with Crippen molar-refractivity contribution in [1.29, 1.82) is 0 Å². The molecule has 0 bridgehead atoms. The van der Waals surface area contributed by atoms with Gasteiger partial charge in [0.1, 0.15) is 17.3 Å². The first kappa shape index (κ1) is 18.0. The summed E-state index contributed by atoms with van der Waals surface area (Å²) in [5.74, 6) is 0.964. The smallest absolute Gasteiger partial charge is 0.164 e. The molecule has 2 N–H and O–H groups in total. The summed E-state index contributed by atoms with van der Waals surface area (Å²) in [6.07, 6.45) is 3.23. The van der Waals surface area contributed by atoms with Crippen molar-refractivity contribution in [1.82, 2.24) is 0 Å². The number of Topliss-reactive ketones (excluding diaryl/α,β-unsaturated/α-hetero) is 1. The number of fused-ring (bicyclic) bond motifs is 6. The minimum Gasteiger partial charge on any atom is -0.508 e. The first-order valence-electron chi connectivity index (χ1n) is 9.33. The molecular formula is C23H17NO4S. The molecule has 0 saturated heterocycles. The third-order valence-corrected chi connectivity index (χ3v) is 6.12. The van der Waals surface area contributed by atoms with E-state index in [1.807, 2.05) is 31.2 Å². The second-order valence-electron chi connectivity index (χ2n) is 7.68. The lowest BCUT2D eigenvalue weighted by molar-refractivity contribution is 0.0981. The highest BCUT2D eigenvalue weighted by atomic mass is 32.1. The second kappa shape index (κ2) is 6.22. The summed E-state index contributed by atoms with van der Waals surface area (Å²) in [5.41, 5.74) is 2.98. The molecule has 3 unspecified atom stereocenters. The number of nitrogens with zero attached hydrogens (tertiary/aromatic N) is 1. The number of hydrogen-bond donors (Lipinski definition) is 2. The number of rotatable bonds is 1. The Hall–Kier alpha value is -3.05. The van der Waals surface area contributed by atoms with Crippen LogP contribution in [-0.2, 0) is 5.41 Å². The van der Waals surface area contributed by atoms with E-state index in [1.165, 1.54) is 0 Å². The molecule has 2 aromatic carbocycles. The number of carbonyl (C=O) groups excluding carboxylic acids is 1. The summed E-state index contributed by atoms with van der Waals surface area (Å²) >= 11 is 4.69. The third-order valence-electron chi connectivity index (χ3n) is 6.02. The fraction of sp³-hybridized carbons (Fsp3) is 0.217. The lowest BCUT2D eigenvalue weighted by Gasteiger charge is -2.42. The van der Waals surface area contributed by atoms with Crippen molar-refractivity contribution in [2.75, 3.05) is 0 Å². The number of ketones is 1. The van der Waals surface area contributed by atoms with Gasteiger partial charge >= 0.3 is 0 Å². The van der Waals surface area contributed by atoms with Crippen LogP contribution < -0.4 is 4.74 Å². The molecular weight excluding hydrogens is 386 g/mol. The number of aromatic hydroxyl groups is 1. The monoisotopic (exact) mass is 403 g/mol. The average Bonchev–Trinajstić information content (AvgIpc) is 2.97. The Morgan fingerprint density at radius 1 is 1.21 bits per heavy atom. The molecule has 0 saturated carbocycles. The molecule has 5 nitrogen and oxygen atoms in total. The number of isothiocyanates is 1. The standard InChI is InChI=1S/C23H17NO4S/c1-12-6-18-22(9-19(12)26)28-21-8-14(25)3-5-17(21)23(18)10-20(27)15-7-13(24-11-29)2-4-16(15)23/h2-9,12,19,25-26H,10H2,1H3. The summed E-state index contributed by atoms with van der Waals surface area (Å²) in [7, 11) is 0. The Bertz CT molecular complexity index is 1190. The van der Waals surface area contributed by atoms with Gasteiger partial charge in [0.25, 0.3) is 0 Å². The number of aliphatic imine (C=N–C) groups is 1. The first-order valence-corrected chi connectivity index (χ1v) is 9.74. The number of aliphatic hydroxyl groups is 1. The van der Waals surface area contributed by atoms with Crippen molar-refractivity contribution >= 4 is 28.8 Å². The highest BCUT2D eigenvalue weighted by molar-refractivity contribution is 7.78. The molecule has 0 aromatic heterocycles. The van der Waals surface area contributed by atoms with Gasteiger partial charge in [-0.3, -0.25) is 4.79 Å². The van der Waals surface area contributed by atoms with E-state index in [9.17, 15) is 15.0 Å². The summed E-state index contributed by atoms with van der Waals surface area (Å²) in [6.45, 7) is 1.93. The van der Waals surface area contributed by atoms with Crippen LogP contribution in [0.4, 0.5) is 5.69 Å². The van der Waals surface area contributed by atoms with E-state index in [1.54, 1.807) is 24.3 Å². The average molecular weight is 403 g/mol. The number of phenolic OH excluding ortho intramolecular Hbond substituents is 1. The third kappa shape index (κ3) is 2.47. The summed E-state index contributed by atoms with van der Waals surface area (Å²) < 4.78 is 6.05. The van der Waals surface area contributed by atoms with Crippen LogP contribution in [-0.4, -0.2) is 27.3 Å². The Morgan fingerprint density at radius 2 is 2.00 bits per heavy atom. The Balaban J connectivity index is 1.84. The molecule has 0 fully saturated rings. The van der Waals surface area contributed by atoms with Crippen LogP contribution in [0.25, 0.3) is 0 Å². The van der Waals surface area contributed by atoms with Crippen LogP contribution in [0.3, 0.4) is 0 Å². The summed E-state index contributed by atoms with van der Waals surface area (Å²) in [5, 5.41) is 22.7. The van der Waals surface area contributed by atoms with E-state index >= 15 is 0 Å². The van der Waals surface area contributed by atoms with Crippen LogP contribution in [0.5, 0.6) is 11.5 Å². The molecule has 6 heteroatoms. The van der Waals surface area contributed by atoms with E-state index in [4.69, 9.17) is 17.0 Å². The first-order chi connectivity index (χ1) is 13.9. The van der Waals surface area contributed by atoms with Gasteiger partial charge in [0.05, 0.1) is 22.4 Å². The topological polar surface area (TPSA) is 79.1 Å². The van der Waals surface area contributed by atoms with Crippen molar-refractivity contribution < 1.29 is 19.7 Å². The molecule has 144 valence electrons. The number of hydrogen-bond acceptors (Lipinski definition) is 6. The molecule has 1 spiro atoms. The maximum Gasteiger partial charge on any atom is 0.164 e. The van der Waals surface area contributed by atoms with Crippen LogP contribution >= 0.6 is 12.2 Å². The number of aliphatic hydroxyl groups excluding tert-OH is 1. The van der Waals surface area contributed by atoms with Gasteiger partial charge < -0.3 is 14.9 Å². The van der Waals surface area contributed by atoms with Gasteiger partial charge in [-0.05, 0) is 42.1 Å². The van der Waals surface area contributed by atoms with Crippen molar-refractivity contribution in [2.45, 2.75) is 24.9 Å². The number of ether oxygens (including phenoxy) is 1. The van der Waals surface area contributed by atoms with Gasteiger partial charge in [0, 0.05) is 35.1 Å². The number of phenols is 1. The maximum atomic E-state index is 13.1. The minimum absolute atomic E-state index is 0.00127. The number of allylic oxidation sites excluding steroid dienone is 1. The van der Waals surface area contributed by atoms with Crippen LogP contribution in [0.15, 0.2) is 64.9 Å². The lowest BCUT2D eigenvalue weighted by Crippen LogP contribution is -2.37. The van der Waals surface area contributed by atoms with E-state index in [0.29, 0.717) is 22.8 Å². The Labute approximate surface area is 172 Å².